The van der Waals surface area contributed by atoms with Crippen LogP contribution in [0.5, 0.6) is 0 Å². The minimum absolute atomic E-state index is 0.0714. The van der Waals surface area contributed by atoms with Crippen LogP contribution in [0.15, 0.2) is 24.3 Å². The number of rotatable bonds is 5. The Morgan fingerprint density at radius 1 is 1.00 bits per heavy atom. The van der Waals surface area contributed by atoms with Gasteiger partial charge >= 0.3 is 0 Å². The predicted molar refractivity (Wildman–Crippen MR) is 78.2 cm³/mol. The average Bonchev–Trinajstić information content (AvgIpc) is 2.37. The Kier molecular flexibility index (Phi) is 4.93. The summed E-state index contributed by atoms with van der Waals surface area (Å²) in [6.45, 7) is 2.18. The fourth-order valence-corrected chi connectivity index (χ4v) is 2.01. The van der Waals surface area contributed by atoms with E-state index in [0.717, 1.165) is 12.1 Å². The van der Waals surface area contributed by atoms with Crippen LogP contribution in [0.4, 0.5) is 11.6 Å². The van der Waals surface area contributed by atoms with Crippen molar-refractivity contribution in [2.24, 2.45) is 0 Å². The molecule has 0 amide bonds. The van der Waals surface area contributed by atoms with Gasteiger partial charge in [-0.05, 0) is 53.7 Å². The smallest absolute Gasteiger partial charge is 0.232 e. The Balaban J connectivity index is 2.06. The molecule has 0 spiro atoms. The standard InChI is InChI=1S/C13H14Cl2N4/c1-2-3-4-9-5-7-10(8-6-9)16-13-18-11(14)17-12(15)19-13/h5-8H,2-4H2,1H3,(H,16,17,18,19). The van der Waals surface area contributed by atoms with Crippen molar-refractivity contribution in [2.75, 3.05) is 5.32 Å². The summed E-state index contributed by atoms with van der Waals surface area (Å²) >= 11 is 11.4. The van der Waals surface area contributed by atoms with Crippen molar-refractivity contribution < 1.29 is 0 Å². The van der Waals surface area contributed by atoms with Gasteiger partial charge in [-0.25, -0.2) is 0 Å². The lowest BCUT2D eigenvalue weighted by molar-refractivity contribution is 0.795. The van der Waals surface area contributed by atoms with Gasteiger partial charge in [-0.3, -0.25) is 0 Å². The highest BCUT2D eigenvalue weighted by Gasteiger charge is 2.03. The monoisotopic (exact) mass is 296 g/mol. The summed E-state index contributed by atoms with van der Waals surface area (Å²) < 4.78 is 0. The molecule has 0 fully saturated rings. The highest BCUT2D eigenvalue weighted by molar-refractivity contribution is 6.31. The van der Waals surface area contributed by atoms with Crippen LogP contribution in [-0.4, -0.2) is 15.0 Å². The van der Waals surface area contributed by atoms with Crippen molar-refractivity contribution in [3.63, 3.8) is 0 Å². The number of hydrogen-bond acceptors (Lipinski definition) is 4. The van der Waals surface area contributed by atoms with Gasteiger partial charge in [-0.1, -0.05) is 25.5 Å². The lowest BCUT2D eigenvalue weighted by Gasteiger charge is -2.06. The number of aryl methyl sites for hydroxylation is 1. The molecule has 0 aliphatic carbocycles. The third kappa shape index (κ3) is 4.33. The number of hydrogen-bond donors (Lipinski definition) is 1. The van der Waals surface area contributed by atoms with E-state index in [-0.39, 0.29) is 10.6 Å². The second kappa shape index (κ2) is 6.68. The summed E-state index contributed by atoms with van der Waals surface area (Å²) in [5, 5.41) is 3.18. The molecule has 1 aromatic carbocycles. The minimum Gasteiger partial charge on any atom is -0.324 e. The van der Waals surface area contributed by atoms with Gasteiger partial charge in [0.1, 0.15) is 0 Å². The first kappa shape index (κ1) is 14.0. The summed E-state index contributed by atoms with van der Waals surface area (Å²) in [6.07, 6.45) is 3.49. The van der Waals surface area contributed by atoms with E-state index in [9.17, 15) is 0 Å². The Morgan fingerprint density at radius 3 is 2.21 bits per heavy atom. The van der Waals surface area contributed by atoms with E-state index in [1.54, 1.807) is 0 Å². The molecule has 0 radical (unpaired) electrons. The van der Waals surface area contributed by atoms with Gasteiger partial charge in [0, 0.05) is 5.69 Å². The molecule has 0 bridgehead atoms. The molecule has 2 rings (SSSR count). The zero-order valence-electron chi connectivity index (χ0n) is 10.5. The van der Waals surface area contributed by atoms with Gasteiger partial charge in [-0.15, -0.1) is 0 Å². The molecule has 0 unspecified atom stereocenters. The van der Waals surface area contributed by atoms with Gasteiger partial charge in [0.05, 0.1) is 0 Å². The van der Waals surface area contributed by atoms with Gasteiger partial charge in [-0.2, -0.15) is 15.0 Å². The number of aromatic nitrogens is 3. The molecule has 0 atom stereocenters. The summed E-state index contributed by atoms with van der Waals surface area (Å²) in [6, 6.07) is 8.14. The largest absolute Gasteiger partial charge is 0.324 e. The van der Waals surface area contributed by atoms with Crippen LogP contribution < -0.4 is 5.32 Å². The first-order valence-corrected chi connectivity index (χ1v) is 6.86. The summed E-state index contributed by atoms with van der Waals surface area (Å²) in [5.41, 5.74) is 2.21. The third-order valence-electron chi connectivity index (χ3n) is 2.61. The van der Waals surface area contributed by atoms with Crippen molar-refractivity contribution in [1.29, 1.82) is 0 Å². The first-order chi connectivity index (χ1) is 9.17. The number of benzene rings is 1. The molecule has 0 saturated carbocycles. The zero-order valence-corrected chi connectivity index (χ0v) is 12.0. The second-order valence-electron chi connectivity index (χ2n) is 4.12. The van der Waals surface area contributed by atoms with Crippen LogP contribution in [-0.2, 0) is 6.42 Å². The third-order valence-corrected chi connectivity index (χ3v) is 2.95. The summed E-state index contributed by atoms with van der Waals surface area (Å²) in [5.74, 6) is 0.339. The predicted octanol–water partition coefficient (Wildman–Crippen LogP) is 4.26. The lowest BCUT2D eigenvalue weighted by Crippen LogP contribution is -1.99. The molecular weight excluding hydrogens is 283 g/mol. The number of halogens is 2. The number of anilines is 2. The molecule has 4 nitrogen and oxygen atoms in total. The van der Waals surface area contributed by atoms with Gasteiger partial charge in [0.2, 0.25) is 16.5 Å². The highest BCUT2D eigenvalue weighted by Crippen LogP contribution is 2.17. The molecule has 0 aliphatic rings. The van der Waals surface area contributed by atoms with Gasteiger partial charge < -0.3 is 5.32 Å². The average molecular weight is 297 g/mol. The second-order valence-corrected chi connectivity index (χ2v) is 4.80. The maximum atomic E-state index is 5.71. The van der Waals surface area contributed by atoms with Crippen LogP contribution in [0, 0.1) is 0 Å². The van der Waals surface area contributed by atoms with E-state index in [1.165, 1.54) is 18.4 Å². The molecule has 19 heavy (non-hydrogen) atoms. The van der Waals surface area contributed by atoms with E-state index in [1.807, 2.05) is 12.1 Å². The van der Waals surface area contributed by atoms with Crippen LogP contribution in [0.2, 0.25) is 10.6 Å². The zero-order chi connectivity index (χ0) is 13.7. The van der Waals surface area contributed by atoms with E-state index in [0.29, 0.717) is 5.95 Å². The number of unbranched alkanes of at least 4 members (excludes halogenated alkanes) is 1. The van der Waals surface area contributed by atoms with Crippen molar-refractivity contribution in [1.82, 2.24) is 15.0 Å². The van der Waals surface area contributed by atoms with Crippen molar-refractivity contribution in [2.45, 2.75) is 26.2 Å². The Hall–Kier alpha value is -1.39. The van der Waals surface area contributed by atoms with E-state index in [2.05, 4.69) is 39.3 Å². The van der Waals surface area contributed by atoms with E-state index < -0.39 is 0 Å². The Bertz CT molecular complexity index is 523. The maximum Gasteiger partial charge on any atom is 0.232 e. The highest BCUT2D eigenvalue weighted by atomic mass is 35.5. The van der Waals surface area contributed by atoms with Gasteiger partial charge in [0.15, 0.2) is 0 Å². The molecular formula is C13H14Cl2N4. The van der Waals surface area contributed by atoms with Crippen molar-refractivity contribution >= 4 is 34.8 Å². The Labute approximate surface area is 122 Å². The normalized spacial score (nSPS) is 10.5. The fraction of sp³-hybridized carbons (Fsp3) is 0.308. The minimum atomic E-state index is 0.0714. The summed E-state index contributed by atoms with van der Waals surface area (Å²) in [7, 11) is 0. The van der Waals surface area contributed by atoms with Gasteiger partial charge in [0.25, 0.3) is 0 Å². The topological polar surface area (TPSA) is 50.7 Å². The van der Waals surface area contributed by atoms with E-state index in [4.69, 9.17) is 23.2 Å². The molecule has 6 heteroatoms. The molecule has 2 aromatic rings. The molecule has 1 aromatic heterocycles. The van der Waals surface area contributed by atoms with Crippen LogP contribution >= 0.6 is 23.2 Å². The maximum absolute atomic E-state index is 5.71. The molecule has 1 heterocycles. The van der Waals surface area contributed by atoms with Crippen LogP contribution in [0.1, 0.15) is 25.3 Å². The molecule has 100 valence electrons. The lowest BCUT2D eigenvalue weighted by atomic mass is 10.1. The van der Waals surface area contributed by atoms with Crippen molar-refractivity contribution in [3.05, 3.63) is 40.4 Å². The molecule has 0 aliphatic heterocycles. The fourth-order valence-electron chi connectivity index (χ4n) is 1.65. The van der Waals surface area contributed by atoms with E-state index >= 15 is 0 Å². The number of nitrogens with zero attached hydrogens (tertiary/aromatic N) is 3. The number of nitrogens with one attached hydrogen (secondary N) is 1. The first-order valence-electron chi connectivity index (χ1n) is 6.10. The van der Waals surface area contributed by atoms with Crippen LogP contribution in [0.3, 0.4) is 0 Å². The quantitative estimate of drug-likeness (QED) is 0.895. The van der Waals surface area contributed by atoms with Crippen molar-refractivity contribution in [3.8, 4) is 0 Å². The molecule has 0 saturated heterocycles. The van der Waals surface area contributed by atoms with Crippen LogP contribution in [0.25, 0.3) is 0 Å². The molecule has 1 N–H and O–H groups in total. The SMILES string of the molecule is CCCCc1ccc(Nc2nc(Cl)nc(Cl)n2)cc1. The summed E-state index contributed by atoms with van der Waals surface area (Å²) in [4.78, 5) is 11.6. The Morgan fingerprint density at radius 2 is 1.63 bits per heavy atom.